The Hall–Kier alpha value is -8.99. The summed E-state index contributed by atoms with van der Waals surface area (Å²) in [4.78, 5) is 3.03. The molecule has 10 aromatic carbocycles. The second-order valence-corrected chi connectivity index (χ2v) is 30.7. The van der Waals surface area contributed by atoms with Gasteiger partial charge in [0.1, 0.15) is 11.4 Å². The molecule has 0 bridgehead atoms. The molecule has 10 N–H and O–H groups in total. The van der Waals surface area contributed by atoms with Crippen LogP contribution < -0.4 is 20.2 Å². The molecule has 74 heavy (non-hydrogen) atoms. The topological polar surface area (TPSA) is 209 Å². The average molecular weight is 1020 g/mol. The Bertz CT molecular complexity index is 3540. The van der Waals surface area contributed by atoms with E-state index in [1.54, 1.807) is 0 Å². The van der Waals surface area contributed by atoms with Crippen LogP contribution in [-0.2, 0) is 0 Å². The zero-order valence-corrected chi connectivity index (χ0v) is 43.4. The number of aromatic hydroxyl groups is 10. The normalized spacial score (nSPS) is 11.9. The van der Waals surface area contributed by atoms with E-state index in [2.05, 4.69) is 75.7 Å². The van der Waals surface area contributed by atoms with Crippen molar-refractivity contribution in [3.05, 3.63) is 158 Å². The lowest BCUT2D eigenvalue weighted by Crippen LogP contribution is -2.37. The molecule has 0 aliphatic heterocycles. The SMILES string of the molecule is C[Si](C)(C)c1ccc(N(c2ccc(-c3cc4c5ccccc5c(-c5ccc(N(c6ccc([Si](C)(C)C)cc6)c6c(O)c(O)c(O)c(O)c6O)cc5)cc4c4ccccc34)cc2)c2c(O)c(O)c(O)c(O)c2O)cc1. The van der Waals surface area contributed by atoms with Crippen LogP contribution in [0.2, 0.25) is 39.3 Å². The molecule has 0 fully saturated rings. The van der Waals surface area contributed by atoms with Crippen molar-refractivity contribution in [1.29, 1.82) is 0 Å². The van der Waals surface area contributed by atoms with Crippen molar-refractivity contribution in [1.82, 2.24) is 0 Å². The summed E-state index contributed by atoms with van der Waals surface area (Å²) in [7, 11) is -3.45. The van der Waals surface area contributed by atoms with Gasteiger partial charge in [-0.2, -0.15) is 0 Å². The number of anilines is 6. The summed E-state index contributed by atoms with van der Waals surface area (Å²) >= 11 is 0. The Labute approximate surface area is 428 Å². The lowest BCUT2D eigenvalue weighted by Gasteiger charge is -2.28. The number of phenols is 10. The lowest BCUT2D eigenvalue weighted by atomic mass is 9.87. The summed E-state index contributed by atoms with van der Waals surface area (Å²) in [6.45, 7) is 13.3. The van der Waals surface area contributed by atoms with Gasteiger partial charge in [0.2, 0.25) is 34.5 Å². The molecule has 0 radical (unpaired) electrons. The fourth-order valence-corrected chi connectivity index (χ4v) is 12.1. The van der Waals surface area contributed by atoms with Crippen LogP contribution in [0.3, 0.4) is 0 Å². The van der Waals surface area contributed by atoms with Gasteiger partial charge in [-0.1, -0.05) is 147 Å². The molecule has 372 valence electrons. The van der Waals surface area contributed by atoms with Gasteiger partial charge < -0.3 is 60.9 Å². The fourth-order valence-electron chi connectivity index (χ4n) is 9.81. The first kappa shape index (κ1) is 48.6. The van der Waals surface area contributed by atoms with Gasteiger partial charge in [-0.15, -0.1) is 0 Å². The van der Waals surface area contributed by atoms with E-state index in [0.717, 1.165) is 54.6 Å². The monoisotopic (exact) mass is 1020 g/mol. The number of rotatable bonds is 10. The summed E-state index contributed by atoms with van der Waals surface area (Å²) in [5.41, 5.74) is 4.96. The highest BCUT2D eigenvalue weighted by molar-refractivity contribution is 6.89. The van der Waals surface area contributed by atoms with Crippen LogP contribution in [0, 0.1) is 0 Å². The molecular formula is C60H54N2O10Si2. The minimum absolute atomic E-state index is 0.319. The van der Waals surface area contributed by atoms with Crippen molar-refractivity contribution < 1.29 is 51.1 Å². The molecule has 0 aromatic heterocycles. The quantitative estimate of drug-likeness (QED) is 0.0269. The van der Waals surface area contributed by atoms with E-state index >= 15 is 0 Å². The van der Waals surface area contributed by atoms with E-state index in [4.69, 9.17) is 0 Å². The molecule has 12 nitrogen and oxygen atoms in total. The van der Waals surface area contributed by atoms with Crippen LogP contribution >= 0.6 is 0 Å². The van der Waals surface area contributed by atoms with Crippen molar-refractivity contribution in [2.24, 2.45) is 0 Å². The molecule has 0 saturated carbocycles. The van der Waals surface area contributed by atoms with Crippen LogP contribution in [0.15, 0.2) is 158 Å². The van der Waals surface area contributed by atoms with Crippen LogP contribution in [0.5, 0.6) is 57.5 Å². The van der Waals surface area contributed by atoms with Crippen LogP contribution in [-0.4, -0.2) is 67.2 Å². The third-order valence-corrected chi connectivity index (χ3v) is 18.0. The van der Waals surface area contributed by atoms with E-state index in [-0.39, 0.29) is 11.4 Å². The third kappa shape index (κ3) is 8.10. The number of benzene rings is 10. The first-order valence-corrected chi connectivity index (χ1v) is 30.9. The highest BCUT2D eigenvalue weighted by Gasteiger charge is 2.32. The van der Waals surface area contributed by atoms with Crippen molar-refractivity contribution in [3.63, 3.8) is 0 Å². The Morgan fingerprint density at radius 3 is 0.784 bits per heavy atom. The van der Waals surface area contributed by atoms with E-state index in [9.17, 15) is 51.1 Å². The number of nitrogens with zero attached hydrogens (tertiary/aromatic N) is 2. The van der Waals surface area contributed by atoms with Gasteiger partial charge in [-0.3, -0.25) is 0 Å². The third-order valence-electron chi connectivity index (χ3n) is 13.9. The van der Waals surface area contributed by atoms with Crippen LogP contribution in [0.25, 0.3) is 54.6 Å². The molecule has 0 heterocycles. The molecule has 0 amide bonds. The smallest absolute Gasteiger partial charge is 0.208 e. The van der Waals surface area contributed by atoms with Gasteiger partial charge in [-0.25, -0.2) is 0 Å². The van der Waals surface area contributed by atoms with Crippen molar-refractivity contribution in [3.8, 4) is 79.7 Å². The van der Waals surface area contributed by atoms with E-state index in [1.807, 2.05) is 121 Å². The lowest BCUT2D eigenvalue weighted by molar-refractivity contribution is 0.329. The zero-order chi connectivity index (χ0) is 52.7. The largest absolute Gasteiger partial charge is 0.503 e. The van der Waals surface area contributed by atoms with Gasteiger partial charge in [0.25, 0.3) is 0 Å². The molecule has 0 spiro atoms. The molecule has 0 saturated heterocycles. The summed E-state index contributed by atoms with van der Waals surface area (Å²) < 4.78 is 0. The second kappa shape index (κ2) is 17.9. The first-order chi connectivity index (χ1) is 35.1. The summed E-state index contributed by atoms with van der Waals surface area (Å²) in [5, 5.41) is 116. The second-order valence-electron chi connectivity index (χ2n) is 20.6. The predicted molar refractivity (Wildman–Crippen MR) is 302 cm³/mol. The molecule has 0 unspecified atom stereocenters. The number of hydrogen-bond donors (Lipinski definition) is 10. The average Bonchev–Trinajstić information content (AvgIpc) is 3.40. The van der Waals surface area contributed by atoms with Gasteiger partial charge in [0, 0.05) is 22.7 Å². The summed E-state index contributed by atoms with van der Waals surface area (Å²) in [6, 6.07) is 51.0. The maximum atomic E-state index is 11.2. The number of hydrogen-bond acceptors (Lipinski definition) is 12. The van der Waals surface area contributed by atoms with Crippen LogP contribution in [0.4, 0.5) is 34.1 Å². The standard InChI is InChI=1S/C60H54N2O10Si2/c1-73(2,3)39-27-23-37(24-28-39)61(49-51(63)55(67)59(71)56(68)52(49)64)35-19-15-33(16-20-35)45-31-47-44-14-10-8-12-42(44)46(32-48(47)43-13-9-7-11-41(43)45)34-17-21-36(22-18-34)62(38-25-29-40(30-26-38)74(4,5)6)50-53(65)57(69)60(72)58(70)54(50)66/h7-32,63-72H,1-6H3. The highest BCUT2D eigenvalue weighted by atomic mass is 28.3. The Balaban J connectivity index is 1.09. The zero-order valence-electron chi connectivity index (χ0n) is 41.4. The Morgan fingerprint density at radius 1 is 0.270 bits per heavy atom. The van der Waals surface area contributed by atoms with Gasteiger partial charge >= 0.3 is 0 Å². The summed E-state index contributed by atoms with van der Waals surface area (Å²) in [5.74, 6) is -9.28. The maximum Gasteiger partial charge on any atom is 0.208 e. The van der Waals surface area contributed by atoms with Gasteiger partial charge in [0.15, 0.2) is 23.0 Å². The fraction of sp³-hybridized carbons (Fsp3) is 0.100. The molecule has 10 rings (SSSR count). The molecule has 10 aromatic rings. The molecule has 0 atom stereocenters. The molecular weight excluding hydrogens is 965 g/mol. The summed E-state index contributed by atoms with van der Waals surface area (Å²) in [6.07, 6.45) is 0. The Kier molecular flexibility index (Phi) is 11.8. The maximum absolute atomic E-state index is 11.2. The minimum Gasteiger partial charge on any atom is -0.503 e. The molecule has 0 aliphatic carbocycles. The van der Waals surface area contributed by atoms with Crippen LogP contribution in [0.1, 0.15) is 0 Å². The molecule has 0 aliphatic rings. The minimum atomic E-state index is -1.73. The van der Waals surface area contributed by atoms with Gasteiger partial charge in [0.05, 0.1) is 16.1 Å². The van der Waals surface area contributed by atoms with Crippen molar-refractivity contribution in [2.45, 2.75) is 39.3 Å². The van der Waals surface area contributed by atoms with Crippen molar-refractivity contribution >= 4 is 93.0 Å². The predicted octanol–water partition coefficient (Wildman–Crippen LogP) is 13.6. The molecule has 14 heteroatoms. The first-order valence-electron chi connectivity index (χ1n) is 23.9. The number of fused-ring (bicyclic) bond motifs is 5. The van der Waals surface area contributed by atoms with E-state index < -0.39 is 73.6 Å². The van der Waals surface area contributed by atoms with Crippen molar-refractivity contribution in [2.75, 3.05) is 9.80 Å². The van der Waals surface area contributed by atoms with E-state index in [1.165, 1.54) is 20.2 Å². The highest BCUT2D eigenvalue weighted by Crippen LogP contribution is 2.59. The van der Waals surface area contributed by atoms with Gasteiger partial charge in [-0.05, 0) is 115 Å². The van der Waals surface area contributed by atoms with E-state index in [0.29, 0.717) is 22.7 Å². The Morgan fingerprint density at radius 2 is 0.514 bits per heavy atom. The number of phenolic OH excluding ortho intramolecular Hbond substituents is 10.